The van der Waals surface area contributed by atoms with E-state index in [0.29, 0.717) is 3.57 Å². The molecule has 0 unspecified atom stereocenters. The molecule has 8 heteroatoms. The summed E-state index contributed by atoms with van der Waals surface area (Å²) >= 11 is 1.89. The van der Waals surface area contributed by atoms with E-state index < -0.39 is 29.2 Å². The lowest BCUT2D eigenvalue weighted by atomic mass is 10.1. The Kier molecular flexibility index (Phi) is 4.93. The van der Waals surface area contributed by atoms with Crippen molar-refractivity contribution in [2.45, 2.75) is 6.18 Å². The second-order valence-electron chi connectivity index (χ2n) is 4.49. The number of rotatable bonds is 3. The number of nitrogens with one attached hydrogen (secondary N) is 1. The molecule has 2 aromatic carbocycles. The monoisotopic (exact) mass is 435 g/mol. The maximum atomic E-state index is 12.9. The number of anilines is 1. The molecular weight excluding hydrogens is 426 g/mol. The minimum Gasteiger partial charge on any atom is -0.478 e. The van der Waals surface area contributed by atoms with Gasteiger partial charge in [-0.3, -0.25) is 4.79 Å². The molecule has 0 fully saturated rings. The average Bonchev–Trinajstić information content (AvgIpc) is 2.48. The van der Waals surface area contributed by atoms with E-state index in [4.69, 9.17) is 5.11 Å². The summed E-state index contributed by atoms with van der Waals surface area (Å²) in [6.45, 7) is 0. The normalized spacial score (nSPS) is 11.1. The number of hydrogen-bond donors (Lipinski definition) is 2. The van der Waals surface area contributed by atoms with Gasteiger partial charge in [-0.05, 0) is 52.9 Å². The highest BCUT2D eigenvalue weighted by Crippen LogP contribution is 2.32. The van der Waals surface area contributed by atoms with Crippen molar-refractivity contribution in [3.8, 4) is 0 Å². The van der Waals surface area contributed by atoms with Crippen LogP contribution in [0.15, 0.2) is 42.5 Å². The lowest BCUT2D eigenvalue weighted by Crippen LogP contribution is -2.20. The Hall–Kier alpha value is -2.10. The molecule has 0 atom stereocenters. The predicted molar refractivity (Wildman–Crippen MR) is 85.5 cm³/mol. The molecule has 1 amide bonds. The third-order valence-corrected chi connectivity index (χ3v) is 3.61. The summed E-state index contributed by atoms with van der Waals surface area (Å²) in [7, 11) is 0. The summed E-state index contributed by atoms with van der Waals surface area (Å²) < 4.78 is 39.4. The van der Waals surface area contributed by atoms with Crippen LogP contribution in [0.5, 0.6) is 0 Å². The lowest BCUT2D eigenvalue weighted by Gasteiger charge is -2.13. The van der Waals surface area contributed by atoms with E-state index in [2.05, 4.69) is 5.32 Å². The van der Waals surface area contributed by atoms with Gasteiger partial charge >= 0.3 is 12.1 Å². The van der Waals surface area contributed by atoms with Crippen molar-refractivity contribution in [3.63, 3.8) is 0 Å². The van der Waals surface area contributed by atoms with Crippen LogP contribution in [-0.2, 0) is 6.18 Å². The number of carbonyl (C=O) groups is 2. The summed E-state index contributed by atoms with van der Waals surface area (Å²) in [5.74, 6) is -2.32. The molecular formula is C15H9F3INO3. The molecule has 23 heavy (non-hydrogen) atoms. The van der Waals surface area contributed by atoms with Crippen molar-refractivity contribution >= 4 is 40.2 Å². The van der Waals surface area contributed by atoms with E-state index in [0.717, 1.165) is 12.1 Å². The van der Waals surface area contributed by atoms with E-state index in [1.807, 2.05) is 22.6 Å². The van der Waals surface area contributed by atoms with Gasteiger partial charge in [-0.15, -0.1) is 0 Å². The number of carboxylic acids is 1. The minimum absolute atomic E-state index is 0.0695. The Labute approximate surface area is 142 Å². The number of amides is 1. The van der Waals surface area contributed by atoms with Gasteiger partial charge < -0.3 is 10.4 Å². The second kappa shape index (κ2) is 6.57. The molecule has 2 N–H and O–H groups in total. The maximum absolute atomic E-state index is 12.9. The summed E-state index contributed by atoms with van der Waals surface area (Å²) in [6.07, 6.45) is -4.68. The molecule has 0 aliphatic carbocycles. The first-order valence-electron chi connectivity index (χ1n) is 6.20. The molecule has 0 saturated carbocycles. The van der Waals surface area contributed by atoms with Gasteiger partial charge in [0.05, 0.1) is 22.4 Å². The Morgan fingerprint density at radius 3 is 2.30 bits per heavy atom. The maximum Gasteiger partial charge on any atom is 0.417 e. The van der Waals surface area contributed by atoms with E-state index in [1.165, 1.54) is 30.3 Å². The SMILES string of the molecule is O=C(O)c1cc(I)ccc1NC(=O)c1ccccc1C(F)(F)F. The third-order valence-electron chi connectivity index (χ3n) is 2.94. The lowest BCUT2D eigenvalue weighted by molar-refractivity contribution is -0.137. The van der Waals surface area contributed by atoms with Gasteiger partial charge in [0, 0.05) is 3.57 Å². The van der Waals surface area contributed by atoms with Crippen LogP contribution in [0.2, 0.25) is 0 Å². The fourth-order valence-electron chi connectivity index (χ4n) is 1.92. The Balaban J connectivity index is 2.40. The highest BCUT2D eigenvalue weighted by atomic mass is 127. The van der Waals surface area contributed by atoms with Gasteiger partial charge in [0.15, 0.2) is 0 Å². The molecule has 4 nitrogen and oxygen atoms in total. The molecule has 0 bridgehead atoms. The van der Waals surface area contributed by atoms with Crippen molar-refractivity contribution in [2.75, 3.05) is 5.32 Å². The first kappa shape index (κ1) is 17.3. The van der Waals surface area contributed by atoms with Gasteiger partial charge in [0.2, 0.25) is 0 Å². The first-order valence-corrected chi connectivity index (χ1v) is 7.28. The zero-order chi connectivity index (χ0) is 17.2. The van der Waals surface area contributed by atoms with Crippen molar-refractivity contribution in [1.29, 1.82) is 0 Å². The number of halogens is 4. The van der Waals surface area contributed by atoms with Crippen LogP contribution in [0.25, 0.3) is 0 Å². The first-order chi connectivity index (χ1) is 10.7. The number of benzene rings is 2. The molecule has 0 spiro atoms. The molecule has 0 aliphatic rings. The van der Waals surface area contributed by atoms with Crippen molar-refractivity contribution in [3.05, 3.63) is 62.7 Å². The number of carbonyl (C=O) groups excluding carboxylic acids is 1. The summed E-state index contributed by atoms with van der Waals surface area (Å²) in [5, 5.41) is 11.3. The van der Waals surface area contributed by atoms with E-state index >= 15 is 0 Å². The summed E-state index contributed by atoms with van der Waals surface area (Å²) in [6, 6.07) is 8.49. The Bertz CT molecular complexity index is 775. The van der Waals surface area contributed by atoms with Crippen LogP contribution in [0.3, 0.4) is 0 Å². The fraction of sp³-hybridized carbons (Fsp3) is 0.0667. The third kappa shape index (κ3) is 4.01. The van der Waals surface area contributed by atoms with Crippen LogP contribution in [0, 0.1) is 3.57 Å². The zero-order valence-corrected chi connectivity index (χ0v) is 13.5. The van der Waals surface area contributed by atoms with Crippen molar-refractivity contribution < 1.29 is 27.9 Å². The fourth-order valence-corrected chi connectivity index (χ4v) is 2.41. The van der Waals surface area contributed by atoms with Crippen LogP contribution in [0.1, 0.15) is 26.3 Å². The highest BCUT2D eigenvalue weighted by Gasteiger charge is 2.35. The van der Waals surface area contributed by atoms with Crippen LogP contribution < -0.4 is 5.32 Å². The molecule has 120 valence electrons. The van der Waals surface area contributed by atoms with Gasteiger partial charge in [-0.1, -0.05) is 12.1 Å². The quantitative estimate of drug-likeness (QED) is 0.709. The van der Waals surface area contributed by atoms with Gasteiger partial charge in [-0.2, -0.15) is 13.2 Å². The smallest absolute Gasteiger partial charge is 0.417 e. The predicted octanol–water partition coefficient (Wildman–Crippen LogP) is 4.26. The van der Waals surface area contributed by atoms with Gasteiger partial charge in [-0.25, -0.2) is 4.79 Å². The zero-order valence-electron chi connectivity index (χ0n) is 11.3. The molecule has 0 radical (unpaired) electrons. The minimum atomic E-state index is -4.68. The average molecular weight is 435 g/mol. The van der Waals surface area contributed by atoms with Gasteiger partial charge in [0.25, 0.3) is 5.91 Å². The molecule has 0 aliphatic heterocycles. The Morgan fingerprint density at radius 1 is 1.04 bits per heavy atom. The van der Waals surface area contributed by atoms with Crippen LogP contribution >= 0.6 is 22.6 Å². The number of hydrogen-bond acceptors (Lipinski definition) is 2. The molecule has 0 aromatic heterocycles. The topological polar surface area (TPSA) is 66.4 Å². The summed E-state index contributed by atoms with van der Waals surface area (Å²) in [4.78, 5) is 23.3. The standard InChI is InChI=1S/C15H9F3INO3/c16-15(17,18)11-4-2-1-3-9(11)13(21)20-12-6-5-8(19)7-10(12)14(22)23/h1-7H,(H,20,21)(H,22,23). The Morgan fingerprint density at radius 2 is 1.70 bits per heavy atom. The van der Waals surface area contributed by atoms with E-state index in [-0.39, 0.29) is 11.3 Å². The molecule has 2 rings (SSSR count). The highest BCUT2D eigenvalue weighted by molar-refractivity contribution is 14.1. The van der Waals surface area contributed by atoms with Crippen LogP contribution in [0.4, 0.5) is 18.9 Å². The van der Waals surface area contributed by atoms with Crippen molar-refractivity contribution in [2.24, 2.45) is 0 Å². The molecule has 2 aromatic rings. The molecule has 0 heterocycles. The molecule has 0 saturated heterocycles. The van der Waals surface area contributed by atoms with Crippen LogP contribution in [-0.4, -0.2) is 17.0 Å². The second-order valence-corrected chi connectivity index (χ2v) is 5.74. The number of alkyl halides is 3. The van der Waals surface area contributed by atoms with E-state index in [9.17, 15) is 22.8 Å². The number of carboxylic acid groups (broad SMARTS) is 1. The van der Waals surface area contributed by atoms with Crippen molar-refractivity contribution in [1.82, 2.24) is 0 Å². The summed E-state index contributed by atoms with van der Waals surface area (Å²) in [5.41, 5.74) is -1.93. The van der Waals surface area contributed by atoms with E-state index in [1.54, 1.807) is 0 Å². The largest absolute Gasteiger partial charge is 0.478 e. The van der Waals surface area contributed by atoms with Gasteiger partial charge in [0.1, 0.15) is 0 Å². The number of aromatic carboxylic acids is 1.